The number of rotatable bonds is 1. The van der Waals surface area contributed by atoms with E-state index in [0.29, 0.717) is 0 Å². The first-order valence-electron chi connectivity index (χ1n) is 10.9. The fourth-order valence-corrected chi connectivity index (χ4v) is 5.68. The van der Waals surface area contributed by atoms with Gasteiger partial charge in [0, 0.05) is 37.1 Å². The van der Waals surface area contributed by atoms with Crippen LogP contribution in [-0.4, -0.2) is 0 Å². The van der Waals surface area contributed by atoms with Crippen molar-refractivity contribution in [3.05, 3.63) is 89.3 Å². The predicted octanol–water partition coefficient (Wildman–Crippen LogP) is 5.12. The van der Waals surface area contributed by atoms with Gasteiger partial charge in [-0.2, -0.15) is 9.13 Å². The van der Waals surface area contributed by atoms with Gasteiger partial charge < -0.3 is 0 Å². The molecule has 2 heteroatoms. The molecule has 0 spiro atoms. The van der Waals surface area contributed by atoms with Crippen LogP contribution >= 0.6 is 0 Å². The highest BCUT2D eigenvalue weighted by molar-refractivity contribution is 5.99. The number of hydrogen-bond donors (Lipinski definition) is 0. The Morgan fingerprint density at radius 2 is 1.60 bits per heavy atom. The van der Waals surface area contributed by atoms with E-state index in [4.69, 9.17) is 0 Å². The molecule has 2 nitrogen and oxygen atoms in total. The lowest BCUT2D eigenvalue weighted by atomic mass is 9.79. The van der Waals surface area contributed by atoms with Crippen LogP contribution in [0.5, 0.6) is 0 Å². The van der Waals surface area contributed by atoms with Gasteiger partial charge in [0.25, 0.3) is 0 Å². The van der Waals surface area contributed by atoms with E-state index in [-0.39, 0.29) is 0 Å². The van der Waals surface area contributed by atoms with E-state index in [2.05, 4.69) is 84.3 Å². The third-order valence-corrected chi connectivity index (χ3v) is 7.27. The topological polar surface area (TPSA) is 7.76 Å². The van der Waals surface area contributed by atoms with E-state index in [1.807, 2.05) is 6.08 Å². The number of benzene rings is 2. The maximum absolute atomic E-state index is 4.07. The Morgan fingerprint density at radius 1 is 0.833 bits per heavy atom. The lowest BCUT2D eigenvalue weighted by Crippen LogP contribution is -2.45. The van der Waals surface area contributed by atoms with Crippen LogP contribution in [0.25, 0.3) is 39.4 Å². The number of nitrogens with zero attached hydrogens (tertiary/aromatic N) is 2. The molecule has 0 unspecified atom stereocenters. The minimum Gasteiger partial charge on any atom is -0.197 e. The molecule has 0 aliphatic carbocycles. The Labute approximate surface area is 177 Å². The van der Waals surface area contributed by atoms with Gasteiger partial charge in [-0.3, -0.25) is 0 Å². The molecule has 4 aromatic rings. The molecule has 30 heavy (non-hydrogen) atoms. The van der Waals surface area contributed by atoms with Crippen molar-refractivity contribution in [1.82, 2.24) is 0 Å². The smallest absolute Gasteiger partial charge is 0.197 e. The number of pyridine rings is 2. The highest BCUT2D eigenvalue weighted by atomic mass is 15.0. The van der Waals surface area contributed by atoms with Crippen molar-refractivity contribution < 1.29 is 9.13 Å². The summed E-state index contributed by atoms with van der Waals surface area (Å²) in [4.78, 5) is 0. The molecule has 0 fully saturated rings. The van der Waals surface area contributed by atoms with Crippen molar-refractivity contribution in [3.8, 4) is 22.5 Å². The van der Waals surface area contributed by atoms with E-state index in [9.17, 15) is 0 Å². The maximum Gasteiger partial charge on any atom is 0.221 e. The summed E-state index contributed by atoms with van der Waals surface area (Å²) in [5.74, 6) is 0. The number of aryl methyl sites for hydroxylation is 1. The van der Waals surface area contributed by atoms with Crippen molar-refractivity contribution >= 4 is 16.8 Å². The SMILES string of the molecule is C=Cc1cccc2[n+]1CCc1c(C)c(C)c3c(c1-2)-c1c2ccccc2cc[n+]1CC3. The summed E-state index contributed by atoms with van der Waals surface area (Å²) in [6.45, 7) is 10.8. The second-order valence-electron chi connectivity index (χ2n) is 8.59. The number of fused-ring (bicyclic) bond motifs is 9. The second kappa shape index (κ2) is 6.37. The van der Waals surface area contributed by atoms with Gasteiger partial charge in [0.1, 0.15) is 0 Å². The van der Waals surface area contributed by atoms with Crippen molar-refractivity contribution in [2.24, 2.45) is 0 Å². The van der Waals surface area contributed by atoms with E-state index in [0.717, 1.165) is 25.9 Å². The van der Waals surface area contributed by atoms with Gasteiger partial charge in [0.05, 0.1) is 16.5 Å². The highest BCUT2D eigenvalue weighted by Gasteiger charge is 2.37. The number of hydrogen-bond acceptors (Lipinski definition) is 0. The van der Waals surface area contributed by atoms with Gasteiger partial charge in [0.15, 0.2) is 19.3 Å². The minimum absolute atomic E-state index is 1.01. The molecule has 2 aromatic heterocycles. The lowest BCUT2D eigenvalue weighted by molar-refractivity contribution is -0.690. The van der Waals surface area contributed by atoms with Gasteiger partial charge >= 0.3 is 0 Å². The van der Waals surface area contributed by atoms with E-state index < -0.39 is 0 Å². The molecule has 2 aliphatic heterocycles. The van der Waals surface area contributed by atoms with Gasteiger partial charge in [0.2, 0.25) is 17.1 Å². The van der Waals surface area contributed by atoms with Crippen molar-refractivity contribution in [2.45, 2.75) is 39.8 Å². The first kappa shape index (κ1) is 17.6. The van der Waals surface area contributed by atoms with Crippen molar-refractivity contribution in [2.75, 3.05) is 0 Å². The summed E-state index contributed by atoms with van der Waals surface area (Å²) >= 11 is 0. The zero-order chi connectivity index (χ0) is 20.4. The Bertz CT molecular complexity index is 1380. The van der Waals surface area contributed by atoms with Crippen LogP contribution in [-0.2, 0) is 25.9 Å². The summed E-state index contributed by atoms with van der Waals surface area (Å²) in [5.41, 5.74) is 12.8. The zero-order valence-corrected chi connectivity index (χ0v) is 17.7. The van der Waals surface area contributed by atoms with Crippen LogP contribution in [0.4, 0.5) is 0 Å². The summed E-state index contributed by atoms with van der Waals surface area (Å²) in [5, 5.41) is 2.66. The fraction of sp³-hybridized carbons (Fsp3) is 0.214. The van der Waals surface area contributed by atoms with Gasteiger partial charge in [-0.1, -0.05) is 24.8 Å². The Morgan fingerprint density at radius 3 is 2.43 bits per heavy atom. The molecule has 0 saturated heterocycles. The van der Waals surface area contributed by atoms with Gasteiger partial charge in [-0.05, 0) is 53.6 Å². The summed E-state index contributed by atoms with van der Waals surface area (Å²) in [7, 11) is 0. The van der Waals surface area contributed by atoms with Gasteiger partial charge in [-0.15, -0.1) is 0 Å². The average molecular weight is 391 g/mol. The molecule has 0 saturated carbocycles. The first-order valence-corrected chi connectivity index (χ1v) is 10.9. The van der Waals surface area contributed by atoms with Crippen molar-refractivity contribution in [3.63, 3.8) is 0 Å². The van der Waals surface area contributed by atoms with E-state index in [1.54, 1.807) is 0 Å². The standard InChI is InChI=1S/C28H26N2/c1-4-21-9-7-11-25-26-22(14-17-30(21)25)18(2)19(3)23-13-16-29-15-12-20-8-5-6-10-24(20)28(29)27(23)26/h4-12,15H,1,13-14,16-17H2,2-3H3/q+2. The molecule has 0 N–H and O–H groups in total. The number of aromatic nitrogens is 2. The molecule has 2 aromatic carbocycles. The quantitative estimate of drug-likeness (QED) is 0.399. The second-order valence-corrected chi connectivity index (χ2v) is 8.59. The maximum atomic E-state index is 4.07. The normalized spacial score (nSPS) is 13.9. The molecule has 0 radical (unpaired) electrons. The Hall–Kier alpha value is -3.26. The molecule has 6 rings (SSSR count). The summed E-state index contributed by atoms with van der Waals surface area (Å²) in [6.07, 6.45) is 6.42. The molecular formula is C28H26N2+2. The Balaban J connectivity index is 1.81. The molecule has 0 bridgehead atoms. The van der Waals surface area contributed by atoms with Crippen LogP contribution in [0.2, 0.25) is 0 Å². The fourth-order valence-electron chi connectivity index (χ4n) is 5.68. The summed E-state index contributed by atoms with van der Waals surface area (Å²) < 4.78 is 4.92. The monoisotopic (exact) mass is 390 g/mol. The predicted molar refractivity (Wildman–Crippen MR) is 122 cm³/mol. The van der Waals surface area contributed by atoms with Crippen LogP contribution in [0.3, 0.4) is 0 Å². The highest BCUT2D eigenvalue weighted by Crippen LogP contribution is 2.44. The van der Waals surface area contributed by atoms with Crippen LogP contribution in [0.15, 0.2) is 61.3 Å². The van der Waals surface area contributed by atoms with Crippen LogP contribution < -0.4 is 9.13 Å². The lowest BCUT2D eigenvalue weighted by Gasteiger charge is -2.27. The zero-order valence-electron chi connectivity index (χ0n) is 17.7. The molecule has 0 atom stereocenters. The largest absolute Gasteiger partial charge is 0.221 e. The molecule has 4 heterocycles. The average Bonchev–Trinajstić information content (AvgIpc) is 2.80. The molecular weight excluding hydrogens is 364 g/mol. The molecule has 146 valence electrons. The van der Waals surface area contributed by atoms with E-state index in [1.165, 1.54) is 61.2 Å². The van der Waals surface area contributed by atoms with Crippen molar-refractivity contribution in [1.29, 1.82) is 0 Å². The Kier molecular flexibility index (Phi) is 3.73. The summed E-state index contributed by atoms with van der Waals surface area (Å²) in [6, 6.07) is 17.7. The van der Waals surface area contributed by atoms with E-state index >= 15 is 0 Å². The van der Waals surface area contributed by atoms with Crippen LogP contribution in [0.1, 0.15) is 27.9 Å². The molecule has 2 aliphatic rings. The molecule has 0 amide bonds. The first-order chi connectivity index (χ1) is 14.7. The third-order valence-electron chi connectivity index (χ3n) is 7.27. The van der Waals surface area contributed by atoms with Crippen LogP contribution in [0, 0.1) is 13.8 Å². The minimum atomic E-state index is 1.01. The third kappa shape index (κ3) is 2.25. The van der Waals surface area contributed by atoms with Gasteiger partial charge in [-0.25, -0.2) is 0 Å².